The standard InChI is InChI=1S/C30H42N4O2/c1-31-17-11-21-33(29(35)23-27(31)25-13-5-3-6-14-25)19-9-10-20-34-22-12-18-32(2)28(24-30(34)36)26-15-7-4-8-16-26/h3-8,13-16,27-28H,9-12,17-24H2,1-2H3. The summed E-state index contributed by atoms with van der Waals surface area (Å²) in [6, 6.07) is 21.0. The molecule has 0 spiro atoms. The number of unbranched alkanes of at least 4 members (excludes halogenated alkanes) is 1. The molecule has 36 heavy (non-hydrogen) atoms. The zero-order valence-electron chi connectivity index (χ0n) is 22.0. The fourth-order valence-corrected chi connectivity index (χ4v) is 5.66. The average Bonchev–Trinajstić information content (AvgIpc) is 2.89. The maximum absolute atomic E-state index is 13.2. The Morgan fingerprint density at radius 2 is 1.00 bits per heavy atom. The molecule has 4 rings (SSSR count). The molecule has 2 atom stereocenters. The number of rotatable bonds is 7. The number of carbonyl (C=O) groups is 2. The van der Waals surface area contributed by atoms with Gasteiger partial charge in [0.25, 0.3) is 0 Å². The van der Waals surface area contributed by atoms with Crippen LogP contribution >= 0.6 is 0 Å². The summed E-state index contributed by atoms with van der Waals surface area (Å²) < 4.78 is 0. The molecule has 0 N–H and O–H groups in total. The average molecular weight is 491 g/mol. The van der Waals surface area contributed by atoms with Gasteiger partial charge in [0.1, 0.15) is 0 Å². The van der Waals surface area contributed by atoms with Crippen molar-refractivity contribution in [2.45, 2.75) is 50.6 Å². The van der Waals surface area contributed by atoms with Crippen molar-refractivity contribution in [1.29, 1.82) is 0 Å². The normalized spacial score (nSPS) is 23.2. The lowest BCUT2D eigenvalue weighted by Crippen LogP contribution is -2.42. The van der Waals surface area contributed by atoms with Crippen LogP contribution in [0.4, 0.5) is 0 Å². The smallest absolute Gasteiger partial charge is 0.224 e. The molecule has 0 saturated carbocycles. The molecule has 2 aromatic rings. The third kappa shape index (κ3) is 6.95. The summed E-state index contributed by atoms with van der Waals surface area (Å²) in [7, 11) is 4.25. The zero-order chi connectivity index (χ0) is 25.3. The van der Waals surface area contributed by atoms with Crippen LogP contribution in [-0.4, -0.2) is 84.8 Å². The van der Waals surface area contributed by atoms with E-state index in [2.05, 4.69) is 82.2 Å². The van der Waals surface area contributed by atoms with Crippen LogP contribution in [0.2, 0.25) is 0 Å². The molecule has 2 amide bonds. The van der Waals surface area contributed by atoms with Gasteiger partial charge in [-0.3, -0.25) is 19.4 Å². The van der Waals surface area contributed by atoms with Gasteiger partial charge >= 0.3 is 0 Å². The summed E-state index contributed by atoms with van der Waals surface area (Å²) in [6.07, 6.45) is 4.90. The van der Waals surface area contributed by atoms with Gasteiger partial charge in [0.15, 0.2) is 0 Å². The molecule has 2 unspecified atom stereocenters. The summed E-state index contributed by atoms with van der Waals surface area (Å²) in [4.78, 5) is 35.1. The topological polar surface area (TPSA) is 47.1 Å². The highest BCUT2D eigenvalue weighted by molar-refractivity contribution is 5.77. The molecular weight excluding hydrogens is 448 g/mol. The van der Waals surface area contributed by atoms with Crippen molar-refractivity contribution in [3.05, 3.63) is 71.8 Å². The first kappa shape index (κ1) is 26.4. The molecule has 194 valence electrons. The van der Waals surface area contributed by atoms with Crippen molar-refractivity contribution >= 4 is 11.8 Å². The van der Waals surface area contributed by atoms with E-state index in [1.165, 1.54) is 11.1 Å². The fourth-order valence-electron chi connectivity index (χ4n) is 5.66. The van der Waals surface area contributed by atoms with Gasteiger partial charge in [0.05, 0.1) is 0 Å². The van der Waals surface area contributed by atoms with Crippen LogP contribution in [0.25, 0.3) is 0 Å². The maximum Gasteiger partial charge on any atom is 0.224 e. The first-order chi connectivity index (χ1) is 17.5. The quantitative estimate of drug-likeness (QED) is 0.541. The van der Waals surface area contributed by atoms with Crippen molar-refractivity contribution in [3.8, 4) is 0 Å². The predicted octanol–water partition coefficient (Wildman–Crippen LogP) is 4.36. The monoisotopic (exact) mass is 490 g/mol. The number of hydrogen-bond donors (Lipinski definition) is 0. The summed E-state index contributed by atoms with van der Waals surface area (Å²) >= 11 is 0. The van der Waals surface area contributed by atoms with E-state index in [1.807, 2.05) is 12.1 Å². The van der Waals surface area contributed by atoms with E-state index in [4.69, 9.17) is 0 Å². The van der Waals surface area contributed by atoms with Crippen LogP contribution in [-0.2, 0) is 9.59 Å². The summed E-state index contributed by atoms with van der Waals surface area (Å²) in [5, 5.41) is 0. The lowest BCUT2D eigenvalue weighted by atomic mass is 10.00. The largest absolute Gasteiger partial charge is 0.343 e. The molecule has 2 aliphatic heterocycles. The number of hydrogen-bond acceptors (Lipinski definition) is 4. The second-order valence-corrected chi connectivity index (χ2v) is 10.4. The second kappa shape index (κ2) is 13.0. The number of amides is 2. The van der Waals surface area contributed by atoms with Crippen LogP contribution < -0.4 is 0 Å². The third-order valence-corrected chi connectivity index (χ3v) is 7.86. The molecular formula is C30H42N4O2. The first-order valence-corrected chi connectivity index (χ1v) is 13.6. The van der Waals surface area contributed by atoms with Crippen LogP contribution in [0.5, 0.6) is 0 Å². The van der Waals surface area contributed by atoms with E-state index in [0.29, 0.717) is 12.8 Å². The lowest BCUT2D eigenvalue weighted by molar-refractivity contribution is -0.135. The molecule has 2 heterocycles. The van der Waals surface area contributed by atoms with Crippen molar-refractivity contribution in [3.63, 3.8) is 0 Å². The van der Waals surface area contributed by atoms with E-state index >= 15 is 0 Å². The van der Waals surface area contributed by atoms with Gasteiger partial charge in [-0.25, -0.2) is 0 Å². The Balaban J connectivity index is 1.27. The molecule has 2 saturated heterocycles. The Kier molecular flexibility index (Phi) is 9.54. The lowest BCUT2D eigenvalue weighted by Gasteiger charge is -2.35. The van der Waals surface area contributed by atoms with E-state index in [-0.39, 0.29) is 23.9 Å². The van der Waals surface area contributed by atoms with Gasteiger partial charge in [-0.15, -0.1) is 0 Å². The fraction of sp³-hybridized carbons (Fsp3) is 0.533. The molecule has 0 bridgehead atoms. The Bertz CT molecular complexity index is 888. The summed E-state index contributed by atoms with van der Waals surface area (Å²) in [5.41, 5.74) is 2.43. The molecule has 2 aromatic carbocycles. The van der Waals surface area contributed by atoms with Gasteiger partial charge < -0.3 is 9.80 Å². The van der Waals surface area contributed by atoms with Gasteiger partial charge in [-0.2, -0.15) is 0 Å². The Labute approximate surface area is 216 Å². The molecule has 0 aliphatic carbocycles. The Morgan fingerprint density at radius 3 is 1.39 bits per heavy atom. The molecule has 0 aromatic heterocycles. The van der Waals surface area contributed by atoms with Crippen molar-refractivity contribution in [1.82, 2.24) is 19.6 Å². The van der Waals surface area contributed by atoms with E-state index in [1.54, 1.807) is 0 Å². The number of carbonyl (C=O) groups excluding carboxylic acids is 2. The summed E-state index contributed by atoms with van der Waals surface area (Å²) in [6.45, 7) is 5.17. The van der Waals surface area contributed by atoms with E-state index in [0.717, 1.165) is 65.0 Å². The van der Waals surface area contributed by atoms with Crippen LogP contribution in [0.3, 0.4) is 0 Å². The number of nitrogens with zero attached hydrogens (tertiary/aromatic N) is 4. The van der Waals surface area contributed by atoms with Crippen LogP contribution in [0.15, 0.2) is 60.7 Å². The molecule has 6 heteroatoms. The molecule has 2 fully saturated rings. The summed E-state index contributed by atoms with van der Waals surface area (Å²) in [5.74, 6) is 0.484. The minimum atomic E-state index is 0.135. The molecule has 2 aliphatic rings. The zero-order valence-corrected chi connectivity index (χ0v) is 22.0. The highest BCUT2D eigenvalue weighted by Crippen LogP contribution is 2.27. The molecule has 6 nitrogen and oxygen atoms in total. The van der Waals surface area contributed by atoms with Gasteiger partial charge in [0.2, 0.25) is 11.8 Å². The van der Waals surface area contributed by atoms with Crippen LogP contribution in [0, 0.1) is 0 Å². The highest BCUT2D eigenvalue weighted by Gasteiger charge is 2.28. The first-order valence-electron chi connectivity index (χ1n) is 13.6. The maximum atomic E-state index is 13.2. The second-order valence-electron chi connectivity index (χ2n) is 10.4. The predicted molar refractivity (Wildman–Crippen MR) is 144 cm³/mol. The van der Waals surface area contributed by atoms with Crippen molar-refractivity contribution < 1.29 is 9.59 Å². The van der Waals surface area contributed by atoms with Gasteiger partial charge in [-0.05, 0) is 50.9 Å². The third-order valence-electron chi connectivity index (χ3n) is 7.86. The Hall–Kier alpha value is -2.70. The van der Waals surface area contributed by atoms with E-state index < -0.39 is 0 Å². The number of benzene rings is 2. The minimum absolute atomic E-state index is 0.135. The molecule has 0 radical (unpaired) electrons. The minimum Gasteiger partial charge on any atom is -0.343 e. The SMILES string of the molecule is CN1CCCN(CCCCN2CCCN(C)C(c3ccccc3)CC2=O)C(=O)CC1c1ccccc1. The van der Waals surface area contributed by atoms with Gasteiger partial charge in [-0.1, -0.05) is 60.7 Å². The van der Waals surface area contributed by atoms with Crippen molar-refractivity contribution in [2.75, 3.05) is 53.4 Å². The highest BCUT2D eigenvalue weighted by atomic mass is 16.2. The Morgan fingerprint density at radius 1 is 0.611 bits per heavy atom. The van der Waals surface area contributed by atoms with Crippen LogP contribution in [0.1, 0.15) is 61.7 Å². The van der Waals surface area contributed by atoms with E-state index in [9.17, 15) is 9.59 Å². The van der Waals surface area contributed by atoms with Gasteiger partial charge in [0, 0.05) is 64.2 Å². The van der Waals surface area contributed by atoms with Crippen molar-refractivity contribution in [2.24, 2.45) is 0 Å².